The van der Waals surface area contributed by atoms with Gasteiger partial charge in [-0.15, -0.1) is 0 Å². The van der Waals surface area contributed by atoms with E-state index < -0.39 is 5.60 Å². The summed E-state index contributed by atoms with van der Waals surface area (Å²) < 4.78 is 10.7. The molecule has 0 radical (unpaired) electrons. The van der Waals surface area contributed by atoms with Gasteiger partial charge < -0.3 is 19.3 Å². The predicted octanol–water partition coefficient (Wildman–Crippen LogP) is 2.67. The smallest absolute Gasteiger partial charge is 0.410 e. The molecule has 3 rings (SSSR count). The van der Waals surface area contributed by atoms with Crippen LogP contribution in [0.3, 0.4) is 0 Å². The van der Waals surface area contributed by atoms with Crippen LogP contribution in [0.1, 0.15) is 16.8 Å². The van der Waals surface area contributed by atoms with E-state index in [2.05, 4.69) is 0 Å². The summed E-state index contributed by atoms with van der Waals surface area (Å²) in [6, 6.07) is 3.06. The van der Waals surface area contributed by atoms with Gasteiger partial charge in [0.1, 0.15) is 5.75 Å². The SMILES string of the molecule is COc1c(Cl)cc(Cl)cc1C(=O)N1CC[C@]2(CN(C)C(=O)O2)C1. The number of amides is 2. The number of nitrogens with zero attached hydrogens (tertiary/aromatic N) is 2. The standard InChI is InChI=1S/C15H16Cl2N2O4/c1-18-7-15(23-14(18)21)3-4-19(8-15)13(20)10-5-9(16)6-11(17)12(10)22-2/h5-6H,3-4,7-8H2,1-2H3/t15-/m0/s1. The summed E-state index contributed by atoms with van der Waals surface area (Å²) in [6.45, 7) is 1.31. The fourth-order valence-corrected chi connectivity index (χ4v) is 3.69. The van der Waals surface area contributed by atoms with Gasteiger partial charge in [0.2, 0.25) is 0 Å². The highest BCUT2D eigenvalue weighted by Gasteiger charge is 2.49. The predicted molar refractivity (Wildman–Crippen MR) is 85.4 cm³/mol. The number of methoxy groups -OCH3 is 1. The Morgan fingerprint density at radius 2 is 2.09 bits per heavy atom. The zero-order chi connectivity index (χ0) is 16.8. The normalized spacial score (nSPS) is 23.6. The molecule has 2 amide bonds. The average Bonchev–Trinajstić information content (AvgIpc) is 3.01. The first-order valence-electron chi connectivity index (χ1n) is 7.12. The van der Waals surface area contributed by atoms with Gasteiger partial charge in [0.15, 0.2) is 5.60 Å². The number of likely N-dealkylation sites (N-methyl/N-ethyl adjacent to an activating group) is 1. The molecule has 2 saturated heterocycles. The fraction of sp³-hybridized carbons (Fsp3) is 0.467. The number of carbonyl (C=O) groups is 2. The molecular weight excluding hydrogens is 343 g/mol. The monoisotopic (exact) mass is 358 g/mol. The lowest BCUT2D eigenvalue weighted by Crippen LogP contribution is -2.39. The number of ether oxygens (including phenoxy) is 2. The molecule has 2 heterocycles. The van der Waals surface area contributed by atoms with Crippen LogP contribution < -0.4 is 4.74 Å². The molecule has 0 unspecified atom stereocenters. The molecule has 1 spiro atoms. The molecule has 0 aromatic heterocycles. The molecule has 0 saturated carbocycles. The van der Waals surface area contributed by atoms with Crippen molar-refractivity contribution >= 4 is 35.2 Å². The second kappa shape index (κ2) is 5.76. The van der Waals surface area contributed by atoms with Gasteiger partial charge in [-0.25, -0.2) is 4.79 Å². The first-order chi connectivity index (χ1) is 10.8. The minimum atomic E-state index is -0.628. The third-order valence-corrected chi connectivity index (χ3v) is 4.69. The van der Waals surface area contributed by atoms with Gasteiger partial charge in [0, 0.05) is 25.0 Å². The van der Waals surface area contributed by atoms with Gasteiger partial charge in [0.25, 0.3) is 5.91 Å². The van der Waals surface area contributed by atoms with Crippen molar-refractivity contribution in [2.75, 3.05) is 33.8 Å². The Labute approximate surface area is 143 Å². The molecule has 0 aliphatic carbocycles. The van der Waals surface area contributed by atoms with Crippen molar-refractivity contribution in [1.29, 1.82) is 0 Å². The Bertz CT molecular complexity index is 682. The third-order valence-electron chi connectivity index (χ3n) is 4.19. The maximum Gasteiger partial charge on any atom is 0.410 e. The molecule has 0 N–H and O–H groups in total. The number of likely N-dealkylation sites (tertiary alicyclic amines) is 1. The van der Waals surface area contributed by atoms with E-state index in [-0.39, 0.29) is 17.0 Å². The Morgan fingerprint density at radius 1 is 1.35 bits per heavy atom. The summed E-state index contributed by atoms with van der Waals surface area (Å²) in [5, 5.41) is 0.643. The zero-order valence-electron chi connectivity index (χ0n) is 12.8. The zero-order valence-corrected chi connectivity index (χ0v) is 14.3. The van der Waals surface area contributed by atoms with Gasteiger partial charge >= 0.3 is 6.09 Å². The fourth-order valence-electron chi connectivity index (χ4n) is 3.12. The summed E-state index contributed by atoms with van der Waals surface area (Å²) in [7, 11) is 3.13. The lowest BCUT2D eigenvalue weighted by molar-refractivity contribution is 0.0551. The van der Waals surface area contributed by atoms with Gasteiger partial charge in [-0.2, -0.15) is 0 Å². The molecule has 2 aliphatic heterocycles. The first kappa shape index (κ1) is 16.2. The van der Waals surface area contributed by atoms with E-state index in [4.69, 9.17) is 32.7 Å². The number of rotatable bonds is 2. The second-order valence-corrected chi connectivity index (χ2v) is 6.70. The van der Waals surface area contributed by atoms with Crippen molar-refractivity contribution in [2.24, 2.45) is 0 Å². The highest BCUT2D eigenvalue weighted by molar-refractivity contribution is 6.36. The topological polar surface area (TPSA) is 59.1 Å². The summed E-state index contributed by atoms with van der Waals surface area (Å²) in [6.07, 6.45) is 0.244. The maximum atomic E-state index is 12.8. The molecule has 6 nitrogen and oxygen atoms in total. The van der Waals surface area contributed by atoms with E-state index in [1.54, 1.807) is 11.9 Å². The van der Waals surface area contributed by atoms with Crippen LogP contribution in [0.4, 0.5) is 4.79 Å². The van der Waals surface area contributed by atoms with Crippen LogP contribution in [0.5, 0.6) is 5.75 Å². The lowest BCUT2D eigenvalue weighted by atomic mass is 10.0. The van der Waals surface area contributed by atoms with Crippen LogP contribution in [0.2, 0.25) is 10.0 Å². The van der Waals surface area contributed by atoms with E-state index >= 15 is 0 Å². The van der Waals surface area contributed by atoms with Gasteiger partial charge in [-0.1, -0.05) is 23.2 Å². The number of hydrogen-bond acceptors (Lipinski definition) is 4. The number of carbonyl (C=O) groups excluding carboxylic acids is 2. The number of benzene rings is 1. The van der Waals surface area contributed by atoms with Crippen molar-refractivity contribution in [1.82, 2.24) is 9.80 Å². The van der Waals surface area contributed by atoms with Crippen molar-refractivity contribution in [2.45, 2.75) is 12.0 Å². The summed E-state index contributed by atoms with van der Waals surface area (Å²) in [5.74, 6) is 0.0521. The average molecular weight is 359 g/mol. The van der Waals surface area contributed by atoms with E-state index in [0.29, 0.717) is 42.4 Å². The van der Waals surface area contributed by atoms with Gasteiger partial charge in [-0.3, -0.25) is 4.79 Å². The van der Waals surface area contributed by atoms with Crippen molar-refractivity contribution in [3.8, 4) is 5.75 Å². The molecular formula is C15H16Cl2N2O4. The first-order valence-corrected chi connectivity index (χ1v) is 7.87. The van der Waals surface area contributed by atoms with Crippen LogP contribution in [-0.4, -0.2) is 61.2 Å². The summed E-state index contributed by atoms with van der Waals surface area (Å²) in [4.78, 5) is 27.6. The van der Waals surface area contributed by atoms with Crippen LogP contribution in [0.25, 0.3) is 0 Å². The highest BCUT2D eigenvalue weighted by Crippen LogP contribution is 2.36. The van der Waals surface area contributed by atoms with Gasteiger partial charge in [0.05, 0.1) is 30.8 Å². The van der Waals surface area contributed by atoms with E-state index in [0.717, 1.165) is 0 Å². The van der Waals surface area contributed by atoms with Crippen LogP contribution in [0, 0.1) is 0 Å². The van der Waals surface area contributed by atoms with E-state index in [9.17, 15) is 9.59 Å². The van der Waals surface area contributed by atoms with E-state index in [1.165, 1.54) is 24.1 Å². The quantitative estimate of drug-likeness (QED) is 0.815. The molecule has 1 atom stereocenters. The molecule has 0 bridgehead atoms. The van der Waals surface area contributed by atoms with E-state index in [1.807, 2.05) is 0 Å². The van der Waals surface area contributed by atoms with Crippen LogP contribution >= 0.6 is 23.2 Å². The minimum Gasteiger partial charge on any atom is -0.494 e. The molecule has 2 fully saturated rings. The van der Waals surface area contributed by atoms with Crippen LogP contribution in [-0.2, 0) is 4.74 Å². The minimum absolute atomic E-state index is 0.242. The van der Waals surface area contributed by atoms with Gasteiger partial charge in [-0.05, 0) is 12.1 Å². The largest absolute Gasteiger partial charge is 0.494 e. The number of halogens is 2. The Balaban J connectivity index is 1.84. The Morgan fingerprint density at radius 3 is 2.70 bits per heavy atom. The Kier molecular flexibility index (Phi) is 4.06. The molecule has 124 valence electrons. The van der Waals surface area contributed by atoms with Crippen LogP contribution in [0.15, 0.2) is 12.1 Å². The van der Waals surface area contributed by atoms with Crippen molar-refractivity contribution < 1.29 is 19.1 Å². The molecule has 2 aliphatic rings. The highest BCUT2D eigenvalue weighted by atomic mass is 35.5. The molecule has 1 aromatic rings. The Hall–Kier alpha value is -1.66. The second-order valence-electron chi connectivity index (χ2n) is 5.85. The summed E-state index contributed by atoms with van der Waals surface area (Å²) in [5.41, 5.74) is -0.323. The lowest BCUT2D eigenvalue weighted by Gasteiger charge is -2.22. The van der Waals surface area contributed by atoms with Crippen molar-refractivity contribution in [3.63, 3.8) is 0 Å². The molecule has 8 heteroatoms. The third kappa shape index (κ3) is 2.81. The molecule has 23 heavy (non-hydrogen) atoms. The maximum absolute atomic E-state index is 12.8. The van der Waals surface area contributed by atoms with Crippen molar-refractivity contribution in [3.05, 3.63) is 27.7 Å². The number of hydrogen-bond donors (Lipinski definition) is 0. The summed E-state index contributed by atoms with van der Waals surface area (Å²) >= 11 is 12.1. The molecule has 1 aromatic carbocycles.